The van der Waals surface area contributed by atoms with E-state index in [0.717, 1.165) is 6.07 Å². The van der Waals surface area contributed by atoms with E-state index in [-0.39, 0.29) is 17.5 Å². The standard InChI is InChI=1S/C13H13F3O3/c1-8(7-17)5-9-3-2-4-10(6-11(18)19)12(9)13(14,15)16/h2-4,7-8H,5-6H2,1H3,(H,18,19). The van der Waals surface area contributed by atoms with Gasteiger partial charge in [-0.1, -0.05) is 25.1 Å². The fourth-order valence-electron chi connectivity index (χ4n) is 1.89. The van der Waals surface area contributed by atoms with Crippen LogP contribution in [0.25, 0.3) is 0 Å². The first kappa shape index (κ1) is 15.2. The van der Waals surface area contributed by atoms with Gasteiger partial charge in [-0.05, 0) is 17.5 Å². The van der Waals surface area contributed by atoms with Gasteiger partial charge in [0.05, 0.1) is 12.0 Å². The summed E-state index contributed by atoms with van der Waals surface area (Å²) in [7, 11) is 0. The number of aliphatic carboxylic acids is 1. The predicted molar refractivity (Wildman–Crippen MR) is 61.7 cm³/mol. The van der Waals surface area contributed by atoms with Gasteiger partial charge in [0.2, 0.25) is 0 Å². The summed E-state index contributed by atoms with van der Waals surface area (Å²) in [5.74, 6) is -1.88. The number of halogens is 3. The molecule has 0 aliphatic rings. The highest BCUT2D eigenvalue weighted by Crippen LogP contribution is 2.35. The van der Waals surface area contributed by atoms with Gasteiger partial charge in [0.1, 0.15) is 6.29 Å². The molecular weight excluding hydrogens is 261 g/mol. The number of hydrogen-bond donors (Lipinski definition) is 1. The van der Waals surface area contributed by atoms with Gasteiger partial charge in [-0.3, -0.25) is 4.79 Å². The number of aldehydes is 1. The predicted octanol–water partition coefficient (Wildman–Crippen LogP) is 2.71. The maximum Gasteiger partial charge on any atom is 0.416 e. The zero-order chi connectivity index (χ0) is 14.6. The normalized spacial score (nSPS) is 13.1. The molecule has 0 fully saturated rings. The van der Waals surface area contributed by atoms with Crippen LogP contribution >= 0.6 is 0 Å². The van der Waals surface area contributed by atoms with Crippen molar-refractivity contribution in [3.8, 4) is 0 Å². The molecule has 6 heteroatoms. The van der Waals surface area contributed by atoms with E-state index in [4.69, 9.17) is 5.11 Å². The molecule has 0 spiro atoms. The molecule has 104 valence electrons. The van der Waals surface area contributed by atoms with Crippen molar-refractivity contribution in [3.63, 3.8) is 0 Å². The average molecular weight is 274 g/mol. The number of benzene rings is 1. The highest BCUT2D eigenvalue weighted by molar-refractivity contribution is 5.71. The molecule has 0 aliphatic carbocycles. The molecule has 0 saturated carbocycles. The molecule has 0 bridgehead atoms. The topological polar surface area (TPSA) is 54.4 Å². The highest BCUT2D eigenvalue weighted by atomic mass is 19.4. The third kappa shape index (κ3) is 4.08. The number of carboxylic acids is 1. The summed E-state index contributed by atoms with van der Waals surface area (Å²) in [5.41, 5.74) is -1.27. The second-order valence-corrected chi connectivity index (χ2v) is 4.34. The highest BCUT2D eigenvalue weighted by Gasteiger charge is 2.36. The Balaban J connectivity index is 3.30. The van der Waals surface area contributed by atoms with E-state index in [2.05, 4.69) is 0 Å². The van der Waals surface area contributed by atoms with Gasteiger partial charge in [0.25, 0.3) is 0 Å². The van der Waals surface area contributed by atoms with Gasteiger partial charge in [-0.2, -0.15) is 13.2 Å². The fraction of sp³-hybridized carbons (Fsp3) is 0.385. The van der Waals surface area contributed by atoms with Crippen LogP contribution in [0.1, 0.15) is 23.6 Å². The first-order valence-corrected chi connectivity index (χ1v) is 5.60. The van der Waals surface area contributed by atoms with E-state index < -0.39 is 30.0 Å². The maximum atomic E-state index is 13.0. The van der Waals surface area contributed by atoms with Crippen LogP contribution in [0.15, 0.2) is 18.2 Å². The van der Waals surface area contributed by atoms with Gasteiger partial charge < -0.3 is 9.90 Å². The Hall–Kier alpha value is -1.85. The smallest absolute Gasteiger partial charge is 0.416 e. The molecular formula is C13H13F3O3. The van der Waals surface area contributed by atoms with Crippen LogP contribution < -0.4 is 0 Å². The van der Waals surface area contributed by atoms with Crippen molar-refractivity contribution in [1.82, 2.24) is 0 Å². The van der Waals surface area contributed by atoms with Crippen molar-refractivity contribution in [2.75, 3.05) is 0 Å². The third-order valence-electron chi connectivity index (χ3n) is 2.64. The summed E-state index contributed by atoms with van der Waals surface area (Å²) in [6, 6.07) is 3.79. The zero-order valence-corrected chi connectivity index (χ0v) is 10.2. The lowest BCUT2D eigenvalue weighted by Crippen LogP contribution is -2.17. The maximum absolute atomic E-state index is 13.0. The lowest BCUT2D eigenvalue weighted by molar-refractivity contribution is -0.140. The van der Waals surface area contributed by atoms with Crippen molar-refractivity contribution in [3.05, 3.63) is 34.9 Å². The molecule has 0 aromatic heterocycles. The van der Waals surface area contributed by atoms with Gasteiger partial charge in [0.15, 0.2) is 0 Å². The van der Waals surface area contributed by atoms with Crippen molar-refractivity contribution in [1.29, 1.82) is 0 Å². The Bertz CT molecular complexity index is 481. The van der Waals surface area contributed by atoms with Crippen molar-refractivity contribution in [2.45, 2.75) is 25.9 Å². The molecule has 1 aromatic rings. The Morgan fingerprint density at radius 3 is 2.42 bits per heavy atom. The Labute approximate surface area is 108 Å². The van der Waals surface area contributed by atoms with Crippen LogP contribution in [-0.2, 0) is 28.6 Å². The molecule has 0 heterocycles. The molecule has 1 atom stereocenters. The lowest BCUT2D eigenvalue weighted by Gasteiger charge is -2.17. The van der Waals surface area contributed by atoms with E-state index in [1.807, 2.05) is 0 Å². The first-order valence-electron chi connectivity index (χ1n) is 5.60. The van der Waals surface area contributed by atoms with Crippen LogP contribution in [0.4, 0.5) is 13.2 Å². The van der Waals surface area contributed by atoms with Gasteiger partial charge in [-0.25, -0.2) is 0 Å². The minimum Gasteiger partial charge on any atom is -0.481 e. The first-order chi connectivity index (χ1) is 8.75. The number of hydrogen-bond acceptors (Lipinski definition) is 2. The number of carbonyl (C=O) groups excluding carboxylic acids is 1. The van der Waals surface area contributed by atoms with Crippen LogP contribution in [0.2, 0.25) is 0 Å². The molecule has 1 aromatic carbocycles. The monoisotopic (exact) mass is 274 g/mol. The second-order valence-electron chi connectivity index (χ2n) is 4.34. The molecule has 0 radical (unpaired) electrons. The van der Waals surface area contributed by atoms with E-state index >= 15 is 0 Å². The van der Waals surface area contributed by atoms with Gasteiger partial charge in [0, 0.05) is 5.92 Å². The molecule has 3 nitrogen and oxygen atoms in total. The van der Waals surface area contributed by atoms with Gasteiger partial charge >= 0.3 is 12.1 Å². The number of carbonyl (C=O) groups is 2. The SMILES string of the molecule is CC(C=O)Cc1cccc(CC(=O)O)c1C(F)(F)F. The molecule has 1 N–H and O–H groups in total. The van der Waals surface area contributed by atoms with Crippen LogP contribution in [0, 0.1) is 5.92 Å². The Morgan fingerprint density at radius 1 is 1.37 bits per heavy atom. The van der Waals surface area contributed by atoms with E-state index in [1.54, 1.807) is 0 Å². The minimum absolute atomic E-state index is 0.0501. The number of alkyl halides is 3. The Morgan fingerprint density at radius 2 is 1.95 bits per heavy atom. The third-order valence-corrected chi connectivity index (χ3v) is 2.64. The second kappa shape index (κ2) is 5.86. The summed E-state index contributed by atoms with van der Waals surface area (Å²) < 4.78 is 39.1. The van der Waals surface area contributed by atoms with Crippen LogP contribution in [0.5, 0.6) is 0 Å². The molecule has 19 heavy (non-hydrogen) atoms. The van der Waals surface area contributed by atoms with E-state index in [0.29, 0.717) is 6.29 Å². The summed E-state index contributed by atoms with van der Waals surface area (Å²) in [5, 5.41) is 8.65. The molecule has 0 saturated heterocycles. The minimum atomic E-state index is -4.63. The van der Waals surface area contributed by atoms with Crippen molar-refractivity contribution in [2.24, 2.45) is 5.92 Å². The molecule has 0 aliphatic heterocycles. The quantitative estimate of drug-likeness (QED) is 0.840. The lowest BCUT2D eigenvalue weighted by atomic mass is 9.92. The number of carboxylic acid groups (broad SMARTS) is 1. The van der Waals surface area contributed by atoms with Crippen LogP contribution in [0.3, 0.4) is 0 Å². The average Bonchev–Trinajstić information content (AvgIpc) is 2.26. The van der Waals surface area contributed by atoms with Gasteiger partial charge in [-0.15, -0.1) is 0 Å². The fourth-order valence-corrected chi connectivity index (χ4v) is 1.89. The summed E-state index contributed by atoms with van der Waals surface area (Å²) >= 11 is 0. The van der Waals surface area contributed by atoms with Crippen molar-refractivity contribution < 1.29 is 27.9 Å². The molecule has 0 amide bonds. The van der Waals surface area contributed by atoms with Crippen molar-refractivity contribution >= 4 is 12.3 Å². The van der Waals surface area contributed by atoms with E-state index in [9.17, 15) is 22.8 Å². The largest absolute Gasteiger partial charge is 0.481 e. The summed E-state index contributed by atoms with van der Waals surface area (Å²) in [6.07, 6.45) is -4.82. The molecule has 1 rings (SSSR count). The summed E-state index contributed by atoms with van der Waals surface area (Å²) in [6.45, 7) is 1.51. The summed E-state index contributed by atoms with van der Waals surface area (Å²) in [4.78, 5) is 21.2. The number of rotatable bonds is 5. The molecule has 1 unspecified atom stereocenters. The Kier molecular flexibility index (Phi) is 4.69. The van der Waals surface area contributed by atoms with Crippen LogP contribution in [-0.4, -0.2) is 17.4 Å². The zero-order valence-electron chi connectivity index (χ0n) is 10.2. The van der Waals surface area contributed by atoms with E-state index in [1.165, 1.54) is 19.1 Å².